The number of para-hydroxylation sites is 1. The molecule has 0 fully saturated rings. The Balaban J connectivity index is 1.55. The van der Waals surface area contributed by atoms with Gasteiger partial charge in [-0.15, -0.1) is 0 Å². The highest BCUT2D eigenvalue weighted by Gasteiger charge is 2.23. The number of hydrogen-bond donors (Lipinski definition) is 2. The van der Waals surface area contributed by atoms with Crippen molar-refractivity contribution in [1.29, 1.82) is 0 Å². The van der Waals surface area contributed by atoms with E-state index in [2.05, 4.69) is 17.2 Å². The van der Waals surface area contributed by atoms with Gasteiger partial charge in [0.05, 0.1) is 6.61 Å². The minimum Gasteiger partial charge on any atom is -0.464 e. The first-order chi connectivity index (χ1) is 17.7. The van der Waals surface area contributed by atoms with Gasteiger partial charge < -0.3 is 15.0 Å². The van der Waals surface area contributed by atoms with Gasteiger partial charge in [0.1, 0.15) is 6.04 Å². The first kappa shape index (κ1) is 29.9. The van der Waals surface area contributed by atoms with E-state index in [1.54, 1.807) is 6.92 Å². The zero-order valence-corrected chi connectivity index (χ0v) is 22.9. The van der Waals surface area contributed by atoms with Crippen LogP contribution in [0.4, 0.5) is 0 Å². The molecule has 0 aliphatic heterocycles. The summed E-state index contributed by atoms with van der Waals surface area (Å²) < 4.78 is 5.23. The van der Waals surface area contributed by atoms with Gasteiger partial charge in [0.25, 0.3) is 0 Å². The fraction of sp³-hybridized carbons (Fsp3) is 0.677. The van der Waals surface area contributed by atoms with Gasteiger partial charge in [-0.25, -0.2) is 4.79 Å². The smallest absolute Gasteiger partial charge is 0.328 e. The molecule has 36 heavy (non-hydrogen) atoms. The number of aromatic nitrogens is 1. The van der Waals surface area contributed by atoms with Crippen LogP contribution in [-0.2, 0) is 20.7 Å². The Hall–Kier alpha value is -2.30. The van der Waals surface area contributed by atoms with Crippen LogP contribution in [0.3, 0.4) is 0 Å². The van der Waals surface area contributed by atoms with Crippen molar-refractivity contribution in [1.82, 2.24) is 10.3 Å². The molecule has 1 atom stereocenters. The van der Waals surface area contributed by atoms with Crippen molar-refractivity contribution in [3.63, 3.8) is 0 Å². The van der Waals surface area contributed by atoms with Crippen molar-refractivity contribution >= 4 is 22.8 Å². The number of amides is 1. The molecule has 0 aliphatic rings. The number of benzene rings is 1. The van der Waals surface area contributed by atoms with Crippen LogP contribution in [0.2, 0.25) is 0 Å². The van der Waals surface area contributed by atoms with Crippen LogP contribution in [-0.4, -0.2) is 29.5 Å². The number of carbonyl (C=O) groups excluding carboxylic acids is 2. The molecule has 5 nitrogen and oxygen atoms in total. The summed E-state index contributed by atoms with van der Waals surface area (Å²) in [6.45, 7) is 4.37. The molecule has 2 aromatic rings. The number of rotatable bonds is 21. The normalized spacial score (nSPS) is 12.1. The van der Waals surface area contributed by atoms with E-state index in [0.717, 1.165) is 29.3 Å². The number of H-pyrrole nitrogens is 1. The average Bonchev–Trinajstić information content (AvgIpc) is 3.29. The first-order valence-electron chi connectivity index (χ1n) is 14.7. The predicted molar refractivity (Wildman–Crippen MR) is 150 cm³/mol. The maximum Gasteiger partial charge on any atom is 0.328 e. The number of nitrogens with one attached hydrogen (secondary N) is 2. The van der Waals surface area contributed by atoms with E-state index < -0.39 is 6.04 Å². The van der Waals surface area contributed by atoms with Crippen LogP contribution >= 0.6 is 0 Å². The number of unbranched alkanes of at least 4 members (excludes halogenated alkanes) is 14. The van der Waals surface area contributed by atoms with E-state index in [1.165, 1.54) is 83.5 Å². The number of fused-ring (bicyclic) bond motifs is 1. The van der Waals surface area contributed by atoms with E-state index in [4.69, 9.17) is 4.74 Å². The number of carbonyl (C=O) groups is 2. The number of ether oxygens (including phenoxy) is 1. The molecule has 0 aliphatic carbocycles. The summed E-state index contributed by atoms with van der Waals surface area (Å²) >= 11 is 0. The summed E-state index contributed by atoms with van der Waals surface area (Å²) in [6, 6.07) is 7.33. The number of hydrogen-bond acceptors (Lipinski definition) is 3. The molecular formula is C31H50N2O3. The molecule has 0 unspecified atom stereocenters. The molecule has 1 amide bonds. The monoisotopic (exact) mass is 498 g/mol. The van der Waals surface area contributed by atoms with E-state index in [-0.39, 0.29) is 11.9 Å². The maximum atomic E-state index is 12.6. The highest BCUT2D eigenvalue weighted by Crippen LogP contribution is 2.20. The van der Waals surface area contributed by atoms with Gasteiger partial charge in [0.2, 0.25) is 5.91 Å². The quantitative estimate of drug-likeness (QED) is 0.135. The largest absolute Gasteiger partial charge is 0.464 e. The molecule has 2 rings (SSSR count). The molecule has 1 heterocycles. The predicted octanol–water partition coefficient (Wildman–Crippen LogP) is 8.02. The molecule has 0 bridgehead atoms. The first-order valence-corrected chi connectivity index (χ1v) is 14.7. The maximum absolute atomic E-state index is 12.6. The standard InChI is InChI=1S/C31H50N2O3/c1-3-5-6-7-8-9-10-11-12-13-14-15-16-17-18-23-30(34)33-29(31(35)36-4-2)24-26-25-32-28-22-20-19-21-27(26)28/h19-22,25,29,32H,3-18,23-24H2,1-2H3,(H,33,34)/t29-/m0/s1. The third kappa shape index (κ3) is 12.1. The molecule has 0 spiro atoms. The van der Waals surface area contributed by atoms with Crippen LogP contribution in [0.5, 0.6) is 0 Å². The zero-order chi connectivity index (χ0) is 25.8. The van der Waals surface area contributed by atoms with Crippen molar-refractivity contribution < 1.29 is 14.3 Å². The van der Waals surface area contributed by atoms with Gasteiger partial charge in [-0.2, -0.15) is 0 Å². The molecular weight excluding hydrogens is 448 g/mol. The van der Waals surface area contributed by atoms with Gasteiger partial charge in [0.15, 0.2) is 0 Å². The van der Waals surface area contributed by atoms with Crippen molar-refractivity contribution in [2.45, 2.75) is 129 Å². The lowest BCUT2D eigenvalue weighted by Gasteiger charge is -2.17. The Morgan fingerprint density at radius 2 is 1.36 bits per heavy atom. The van der Waals surface area contributed by atoms with Crippen molar-refractivity contribution in [2.24, 2.45) is 0 Å². The second-order valence-electron chi connectivity index (χ2n) is 10.1. The molecule has 0 saturated carbocycles. The van der Waals surface area contributed by atoms with E-state index >= 15 is 0 Å². The Bertz CT molecular complexity index is 860. The fourth-order valence-corrected chi connectivity index (χ4v) is 4.88. The molecule has 1 aromatic carbocycles. The van der Waals surface area contributed by atoms with Crippen LogP contribution in [0, 0.1) is 0 Å². The van der Waals surface area contributed by atoms with Crippen LogP contribution < -0.4 is 5.32 Å². The van der Waals surface area contributed by atoms with E-state index in [9.17, 15) is 9.59 Å². The van der Waals surface area contributed by atoms with Gasteiger partial charge in [-0.1, -0.05) is 115 Å². The molecule has 0 saturated heterocycles. The Labute approximate surface area is 219 Å². The highest BCUT2D eigenvalue weighted by molar-refractivity contribution is 5.87. The van der Waals surface area contributed by atoms with Crippen molar-refractivity contribution in [3.8, 4) is 0 Å². The number of aromatic amines is 1. The van der Waals surface area contributed by atoms with Crippen LogP contribution in [0.15, 0.2) is 30.5 Å². The average molecular weight is 499 g/mol. The Morgan fingerprint density at radius 1 is 0.806 bits per heavy atom. The second kappa shape index (κ2) is 18.9. The van der Waals surface area contributed by atoms with Gasteiger partial charge >= 0.3 is 5.97 Å². The van der Waals surface area contributed by atoms with Gasteiger partial charge in [0, 0.05) is 29.9 Å². The molecule has 2 N–H and O–H groups in total. The van der Waals surface area contributed by atoms with E-state index in [0.29, 0.717) is 19.4 Å². The third-order valence-electron chi connectivity index (χ3n) is 7.01. The lowest BCUT2D eigenvalue weighted by Crippen LogP contribution is -2.43. The summed E-state index contributed by atoms with van der Waals surface area (Å²) in [5.74, 6) is -0.435. The lowest BCUT2D eigenvalue weighted by molar-refractivity contribution is -0.147. The van der Waals surface area contributed by atoms with Gasteiger partial charge in [-0.3, -0.25) is 4.79 Å². The van der Waals surface area contributed by atoms with Crippen LogP contribution in [0.25, 0.3) is 10.9 Å². The topological polar surface area (TPSA) is 71.2 Å². The summed E-state index contributed by atoms with van der Waals surface area (Å²) in [5.41, 5.74) is 2.04. The van der Waals surface area contributed by atoms with E-state index in [1.807, 2.05) is 30.5 Å². The zero-order valence-electron chi connectivity index (χ0n) is 22.9. The van der Waals surface area contributed by atoms with Crippen molar-refractivity contribution in [3.05, 3.63) is 36.0 Å². The summed E-state index contributed by atoms with van der Waals surface area (Å²) in [4.78, 5) is 28.3. The molecule has 1 aromatic heterocycles. The highest BCUT2D eigenvalue weighted by atomic mass is 16.5. The minimum absolute atomic E-state index is 0.0670. The van der Waals surface area contributed by atoms with Crippen molar-refractivity contribution in [2.75, 3.05) is 6.61 Å². The Kier molecular flexibility index (Phi) is 15.7. The van der Waals surface area contributed by atoms with Crippen LogP contribution in [0.1, 0.15) is 122 Å². The molecule has 5 heteroatoms. The SMILES string of the molecule is CCCCCCCCCCCCCCCCCC(=O)N[C@@H](Cc1c[nH]c2ccccc12)C(=O)OCC. The summed E-state index contributed by atoms with van der Waals surface area (Å²) in [5, 5.41) is 4.00. The molecule has 202 valence electrons. The Morgan fingerprint density at radius 3 is 1.94 bits per heavy atom. The molecule has 0 radical (unpaired) electrons. The van der Waals surface area contributed by atoms with Gasteiger partial charge in [-0.05, 0) is 25.0 Å². The second-order valence-corrected chi connectivity index (χ2v) is 10.1. The lowest BCUT2D eigenvalue weighted by atomic mass is 10.0. The summed E-state index contributed by atoms with van der Waals surface area (Å²) in [7, 11) is 0. The third-order valence-corrected chi connectivity index (χ3v) is 7.01. The minimum atomic E-state index is -0.659. The summed E-state index contributed by atoms with van der Waals surface area (Å²) in [6.07, 6.45) is 22.3. The fourth-order valence-electron chi connectivity index (χ4n) is 4.88. The number of esters is 1.